The van der Waals surface area contributed by atoms with E-state index in [4.69, 9.17) is 0 Å². The van der Waals surface area contributed by atoms with Gasteiger partial charge in [0.05, 0.1) is 0 Å². The summed E-state index contributed by atoms with van der Waals surface area (Å²) in [6.07, 6.45) is 5.68. The molecule has 1 aliphatic rings. The average molecular weight is 393 g/mol. The minimum Gasteiger partial charge on any atom is -0.371 e. The number of amides is 2. The lowest BCUT2D eigenvalue weighted by molar-refractivity contribution is -0.126. The predicted molar refractivity (Wildman–Crippen MR) is 116 cm³/mol. The molecule has 2 aromatic rings. The smallest absolute Gasteiger partial charge is 0.251 e. The van der Waals surface area contributed by atoms with E-state index < -0.39 is 11.6 Å². The fourth-order valence-electron chi connectivity index (χ4n) is 3.29. The van der Waals surface area contributed by atoms with E-state index in [0.29, 0.717) is 11.3 Å². The summed E-state index contributed by atoms with van der Waals surface area (Å²) < 4.78 is 0. The molecule has 29 heavy (non-hydrogen) atoms. The van der Waals surface area contributed by atoms with Gasteiger partial charge in [-0.25, -0.2) is 0 Å². The molecule has 1 fully saturated rings. The van der Waals surface area contributed by atoms with Gasteiger partial charge in [-0.05, 0) is 63.6 Å². The molecule has 1 N–H and O–H groups in total. The van der Waals surface area contributed by atoms with E-state index in [0.717, 1.165) is 18.8 Å². The summed E-state index contributed by atoms with van der Waals surface area (Å²) in [4.78, 5) is 34.0. The number of pyridine rings is 1. The third-order valence-corrected chi connectivity index (χ3v) is 4.77. The van der Waals surface area contributed by atoms with Gasteiger partial charge in [-0.15, -0.1) is 0 Å². The first kappa shape index (κ1) is 20.6. The van der Waals surface area contributed by atoms with Crippen molar-refractivity contribution in [2.24, 2.45) is 0 Å². The van der Waals surface area contributed by atoms with E-state index in [1.165, 1.54) is 17.4 Å². The highest BCUT2D eigenvalue weighted by atomic mass is 16.2. The van der Waals surface area contributed by atoms with Gasteiger partial charge in [-0.1, -0.05) is 12.6 Å². The number of anilines is 2. The summed E-state index contributed by atoms with van der Waals surface area (Å²) in [5, 5.41) is 2.99. The van der Waals surface area contributed by atoms with Gasteiger partial charge in [0, 0.05) is 48.0 Å². The first-order valence-corrected chi connectivity index (χ1v) is 9.83. The van der Waals surface area contributed by atoms with Crippen LogP contribution < -0.4 is 15.1 Å². The Morgan fingerprint density at radius 1 is 1.21 bits per heavy atom. The van der Waals surface area contributed by atoms with Crippen molar-refractivity contribution in [3.05, 3.63) is 67.0 Å². The molecule has 0 radical (unpaired) electrons. The van der Waals surface area contributed by atoms with Crippen molar-refractivity contribution in [2.75, 3.05) is 22.9 Å². The van der Waals surface area contributed by atoms with Crippen molar-refractivity contribution in [3.63, 3.8) is 0 Å². The number of benzene rings is 1. The molecule has 1 unspecified atom stereocenters. The number of carbonyl (C=O) groups excluding carboxylic acids is 2. The van der Waals surface area contributed by atoms with Gasteiger partial charge in [0.25, 0.3) is 5.91 Å². The van der Waals surface area contributed by atoms with Gasteiger partial charge < -0.3 is 10.2 Å². The summed E-state index contributed by atoms with van der Waals surface area (Å²) in [6, 6.07) is 10.4. The highest BCUT2D eigenvalue weighted by molar-refractivity contribution is 6.06. The molecule has 6 nitrogen and oxygen atoms in total. The summed E-state index contributed by atoms with van der Waals surface area (Å²) in [7, 11) is 0. The number of rotatable bonds is 6. The van der Waals surface area contributed by atoms with Crippen LogP contribution in [0.25, 0.3) is 0 Å². The maximum Gasteiger partial charge on any atom is 0.251 e. The molecule has 152 valence electrons. The van der Waals surface area contributed by atoms with Crippen molar-refractivity contribution < 1.29 is 9.59 Å². The van der Waals surface area contributed by atoms with Gasteiger partial charge in [0.1, 0.15) is 6.04 Å². The maximum absolute atomic E-state index is 13.2. The van der Waals surface area contributed by atoms with Gasteiger partial charge in [-0.2, -0.15) is 0 Å². The molecular formula is C23H28N4O2. The van der Waals surface area contributed by atoms with E-state index in [1.807, 2.05) is 45.0 Å². The first-order valence-electron chi connectivity index (χ1n) is 9.83. The van der Waals surface area contributed by atoms with Crippen LogP contribution in [-0.2, 0) is 9.59 Å². The van der Waals surface area contributed by atoms with Crippen LogP contribution in [0.15, 0.2) is 61.4 Å². The van der Waals surface area contributed by atoms with E-state index in [-0.39, 0.29) is 11.8 Å². The van der Waals surface area contributed by atoms with Gasteiger partial charge in [0.15, 0.2) is 0 Å². The monoisotopic (exact) mass is 392 g/mol. The van der Waals surface area contributed by atoms with Crippen LogP contribution in [0.1, 0.15) is 38.8 Å². The molecule has 1 aliphatic heterocycles. The second-order valence-electron chi connectivity index (χ2n) is 8.20. The minimum absolute atomic E-state index is 0.271. The third-order valence-electron chi connectivity index (χ3n) is 4.77. The van der Waals surface area contributed by atoms with Gasteiger partial charge in [-0.3, -0.25) is 19.5 Å². The van der Waals surface area contributed by atoms with Crippen LogP contribution in [0.2, 0.25) is 0 Å². The zero-order valence-electron chi connectivity index (χ0n) is 17.3. The molecule has 2 heterocycles. The SMILES string of the molecule is C=CC(=O)N(c1ccc(N2CCC2)cc1)C(C(=O)NC(C)(C)C)c1cccnc1. The maximum atomic E-state index is 13.2. The molecule has 0 aliphatic carbocycles. The Morgan fingerprint density at radius 3 is 2.38 bits per heavy atom. The van der Waals surface area contributed by atoms with E-state index in [2.05, 4.69) is 21.8 Å². The Morgan fingerprint density at radius 2 is 1.90 bits per heavy atom. The number of hydrogen-bond donors (Lipinski definition) is 1. The average Bonchev–Trinajstić information content (AvgIpc) is 2.64. The molecule has 0 spiro atoms. The van der Waals surface area contributed by atoms with Gasteiger partial charge >= 0.3 is 0 Å². The van der Waals surface area contributed by atoms with E-state index in [1.54, 1.807) is 24.5 Å². The van der Waals surface area contributed by atoms with E-state index >= 15 is 0 Å². The van der Waals surface area contributed by atoms with Crippen molar-refractivity contribution >= 4 is 23.2 Å². The van der Waals surface area contributed by atoms with E-state index in [9.17, 15) is 9.59 Å². The molecule has 1 aromatic heterocycles. The normalized spacial score (nSPS) is 14.5. The molecule has 3 rings (SSSR count). The number of hydrogen-bond acceptors (Lipinski definition) is 4. The summed E-state index contributed by atoms with van der Waals surface area (Å²) in [6.45, 7) is 11.5. The number of carbonyl (C=O) groups is 2. The third kappa shape index (κ3) is 4.83. The summed E-state index contributed by atoms with van der Waals surface area (Å²) in [5.41, 5.74) is 1.94. The Bertz CT molecular complexity index is 868. The van der Waals surface area contributed by atoms with Crippen molar-refractivity contribution in [1.82, 2.24) is 10.3 Å². The van der Waals surface area contributed by atoms with Crippen LogP contribution in [0, 0.1) is 0 Å². The van der Waals surface area contributed by atoms with Crippen molar-refractivity contribution in [3.8, 4) is 0 Å². The fraction of sp³-hybridized carbons (Fsp3) is 0.348. The first-order chi connectivity index (χ1) is 13.8. The van der Waals surface area contributed by atoms with Crippen LogP contribution in [-0.4, -0.2) is 35.4 Å². The Balaban J connectivity index is 2.02. The molecule has 1 saturated heterocycles. The molecule has 1 atom stereocenters. The second kappa shape index (κ2) is 8.47. The van der Waals surface area contributed by atoms with Crippen LogP contribution in [0.5, 0.6) is 0 Å². The highest BCUT2D eigenvalue weighted by Gasteiger charge is 2.33. The lowest BCUT2D eigenvalue weighted by Crippen LogP contribution is -2.49. The van der Waals surface area contributed by atoms with Crippen LogP contribution in [0.4, 0.5) is 11.4 Å². The Kier molecular flexibility index (Phi) is 6.01. The fourth-order valence-corrected chi connectivity index (χ4v) is 3.29. The van der Waals surface area contributed by atoms with Crippen LogP contribution >= 0.6 is 0 Å². The molecular weight excluding hydrogens is 364 g/mol. The van der Waals surface area contributed by atoms with Crippen molar-refractivity contribution in [2.45, 2.75) is 38.8 Å². The zero-order valence-corrected chi connectivity index (χ0v) is 17.3. The highest BCUT2D eigenvalue weighted by Crippen LogP contribution is 2.31. The number of nitrogens with one attached hydrogen (secondary N) is 1. The topological polar surface area (TPSA) is 65.5 Å². The Hall–Kier alpha value is -3.15. The molecule has 1 aromatic carbocycles. The molecule has 2 amide bonds. The van der Waals surface area contributed by atoms with Crippen LogP contribution in [0.3, 0.4) is 0 Å². The van der Waals surface area contributed by atoms with Crippen molar-refractivity contribution in [1.29, 1.82) is 0 Å². The minimum atomic E-state index is -0.858. The lowest BCUT2D eigenvalue weighted by Gasteiger charge is -2.35. The molecule has 0 bridgehead atoms. The lowest BCUT2D eigenvalue weighted by atomic mass is 10.0. The second-order valence-corrected chi connectivity index (χ2v) is 8.20. The zero-order chi connectivity index (χ0) is 21.0. The van der Waals surface area contributed by atoms with Gasteiger partial charge in [0.2, 0.25) is 5.91 Å². The quantitative estimate of drug-likeness (QED) is 0.765. The number of nitrogens with zero attached hydrogens (tertiary/aromatic N) is 3. The molecule has 6 heteroatoms. The summed E-state index contributed by atoms with van der Waals surface area (Å²) >= 11 is 0. The largest absolute Gasteiger partial charge is 0.371 e. The predicted octanol–water partition coefficient (Wildman–Crippen LogP) is 3.47. The number of aromatic nitrogens is 1. The Labute approximate surface area is 172 Å². The summed E-state index contributed by atoms with van der Waals surface area (Å²) in [5.74, 6) is -0.618. The standard InChI is InChI=1S/C23H28N4O2/c1-5-20(28)27(19-11-9-18(10-12-19)26-14-7-15-26)21(17-8-6-13-24-16-17)22(29)25-23(2,3)4/h5-6,8-13,16,21H,1,7,14-15H2,2-4H3,(H,25,29). The molecule has 0 saturated carbocycles.